The molecule has 28 heavy (non-hydrogen) atoms. The van der Waals surface area contributed by atoms with Crippen molar-refractivity contribution in [1.29, 1.82) is 0 Å². The lowest BCUT2D eigenvalue weighted by molar-refractivity contribution is 0.0976. The van der Waals surface area contributed by atoms with Crippen molar-refractivity contribution < 1.29 is 4.79 Å². The SMILES string of the molecule is Cc1cc(C(=O)N(Cc2nccs2)c2ccc(-c3ccccc3)cc2)n(C)n1. The molecule has 0 saturated carbocycles. The topological polar surface area (TPSA) is 51.0 Å². The van der Waals surface area contributed by atoms with Gasteiger partial charge in [-0.3, -0.25) is 9.48 Å². The molecule has 0 saturated heterocycles. The first kappa shape index (κ1) is 18.1. The van der Waals surface area contributed by atoms with Crippen LogP contribution in [0.5, 0.6) is 0 Å². The summed E-state index contributed by atoms with van der Waals surface area (Å²) in [7, 11) is 1.79. The number of benzene rings is 2. The summed E-state index contributed by atoms with van der Waals surface area (Å²) >= 11 is 1.54. The molecule has 4 rings (SSSR count). The van der Waals surface area contributed by atoms with E-state index in [2.05, 4.69) is 22.2 Å². The third-order valence-electron chi connectivity index (χ3n) is 4.53. The van der Waals surface area contributed by atoms with Gasteiger partial charge >= 0.3 is 0 Å². The molecule has 0 unspecified atom stereocenters. The molecule has 4 aromatic rings. The Bertz CT molecular complexity index is 1070. The quantitative estimate of drug-likeness (QED) is 0.498. The van der Waals surface area contributed by atoms with Crippen molar-refractivity contribution in [2.24, 2.45) is 7.05 Å². The number of amides is 1. The van der Waals surface area contributed by atoms with Gasteiger partial charge in [-0.05, 0) is 36.2 Å². The summed E-state index contributed by atoms with van der Waals surface area (Å²) in [5.74, 6) is -0.0919. The minimum absolute atomic E-state index is 0.0919. The van der Waals surface area contributed by atoms with E-state index >= 15 is 0 Å². The summed E-state index contributed by atoms with van der Waals surface area (Å²) in [5.41, 5.74) is 4.47. The maximum atomic E-state index is 13.3. The average Bonchev–Trinajstić information content (AvgIpc) is 3.35. The molecule has 0 N–H and O–H groups in total. The van der Waals surface area contributed by atoms with Crippen LogP contribution in [0.4, 0.5) is 5.69 Å². The fourth-order valence-corrected chi connectivity index (χ4v) is 3.76. The van der Waals surface area contributed by atoms with Gasteiger partial charge in [0.05, 0.1) is 12.2 Å². The molecule has 0 bridgehead atoms. The normalized spacial score (nSPS) is 10.8. The third kappa shape index (κ3) is 3.73. The highest BCUT2D eigenvalue weighted by Gasteiger charge is 2.22. The number of rotatable bonds is 5. The molecule has 2 aromatic heterocycles. The van der Waals surface area contributed by atoms with Crippen LogP contribution >= 0.6 is 11.3 Å². The van der Waals surface area contributed by atoms with E-state index in [0.29, 0.717) is 12.2 Å². The van der Waals surface area contributed by atoms with Gasteiger partial charge in [0.2, 0.25) is 0 Å². The van der Waals surface area contributed by atoms with Crippen LogP contribution in [-0.2, 0) is 13.6 Å². The molecule has 0 aliphatic rings. The van der Waals surface area contributed by atoms with E-state index in [4.69, 9.17) is 0 Å². The van der Waals surface area contributed by atoms with Crippen LogP contribution in [0.25, 0.3) is 11.1 Å². The number of thiazole rings is 1. The number of anilines is 1. The molecule has 2 heterocycles. The lowest BCUT2D eigenvalue weighted by Gasteiger charge is -2.22. The maximum Gasteiger partial charge on any atom is 0.276 e. The van der Waals surface area contributed by atoms with Gasteiger partial charge in [-0.1, -0.05) is 42.5 Å². The van der Waals surface area contributed by atoms with Crippen molar-refractivity contribution in [1.82, 2.24) is 14.8 Å². The van der Waals surface area contributed by atoms with Crippen LogP contribution in [0.2, 0.25) is 0 Å². The van der Waals surface area contributed by atoms with E-state index in [1.165, 1.54) is 0 Å². The molecule has 0 spiro atoms. The molecule has 5 nitrogen and oxygen atoms in total. The van der Waals surface area contributed by atoms with Crippen LogP contribution in [0.1, 0.15) is 21.2 Å². The Balaban J connectivity index is 1.69. The zero-order valence-corrected chi connectivity index (χ0v) is 16.6. The number of hydrogen-bond donors (Lipinski definition) is 0. The van der Waals surface area contributed by atoms with Gasteiger partial charge in [-0.15, -0.1) is 11.3 Å². The molecular weight excluding hydrogens is 368 g/mol. The Hall–Kier alpha value is -3.25. The van der Waals surface area contributed by atoms with Crippen molar-refractivity contribution in [3.63, 3.8) is 0 Å². The van der Waals surface area contributed by atoms with Crippen molar-refractivity contribution in [3.8, 4) is 11.1 Å². The molecule has 0 aliphatic heterocycles. The van der Waals surface area contributed by atoms with Crippen LogP contribution in [-0.4, -0.2) is 20.7 Å². The summed E-state index contributed by atoms with van der Waals surface area (Å²) in [4.78, 5) is 19.4. The predicted octanol–water partition coefficient (Wildman–Crippen LogP) is 4.70. The lowest BCUT2D eigenvalue weighted by atomic mass is 10.1. The summed E-state index contributed by atoms with van der Waals surface area (Å²) < 4.78 is 1.63. The number of hydrogen-bond acceptors (Lipinski definition) is 4. The summed E-state index contributed by atoms with van der Waals surface area (Å²) in [6.07, 6.45) is 1.76. The molecule has 0 radical (unpaired) electrons. The molecule has 6 heteroatoms. The van der Waals surface area contributed by atoms with E-state index in [-0.39, 0.29) is 5.91 Å². The fraction of sp³-hybridized carbons (Fsp3) is 0.136. The van der Waals surface area contributed by atoms with E-state index in [1.807, 2.05) is 60.8 Å². The number of carbonyl (C=O) groups is 1. The van der Waals surface area contributed by atoms with Gasteiger partial charge in [-0.25, -0.2) is 4.98 Å². The second kappa shape index (κ2) is 7.78. The van der Waals surface area contributed by atoms with E-state index < -0.39 is 0 Å². The Morgan fingerprint density at radius 1 is 1.07 bits per heavy atom. The highest BCUT2D eigenvalue weighted by Crippen LogP contribution is 2.26. The number of nitrogens with zero attached hydrogens (tertiary/aromatic N) is 4. The Labute approximate surface area is 167 Å². The summed E-state index contributed by atoms with van der Waals surface area (Å²) in [6.45, 7) is 2.31. The van der Waals surface area contributed by atoms with E-state index in [0.717, 1.165) is 27.5 Å². The molecule has 1 amide bonds. The number of carbonyl (C=O) groups excluding carboxylic acids is 1. The first-order valence-electron chi connectivity index (χ1n) is 8.98. The first-order valence-corrected chi connectivity index (χ1v) is 9.86. The van der Waals surface area contributed by atoms with Crippen molar-refractivity contribution in [2.45, 2.75) is 13.5 Å². The molecule has 0 fully saturated rings. The highest BCUT2D eigenvalue weighted by molar-refractivity contribution is 7.09. The largest absolute Gasteiger partial charge is 0.300 e. The van der Waals surface area contributed by atoms with Gasteiger partial charge in [0.25, 0.3) is 5.91 Å². The average molecular weight is 388 g/mol. The smallest absolute Gasteiger partial charge is 0.276 e. The standard InChI is InChI=1S/C22H20N4OS/c1-16-14-20(25(2)24-16)22(27)26(15-21-23-12-13-28-21)19-10-8-18(9-11-19)17-6-4-3-5-7-17/h3-14H,15H2,1-2H3. The highest BCUT2D eigenvalue weighted by atomic mass is 32.1. The van der Waals surface area contributed by atoms with Gasteiger partial charge in [0, 0.05) is 24.3 Å². The van der Waals surface area contributed by atoms with Crippen LogP contribution in [0.3, 0.4) is 0 Å². The van der Waals surface area contributed by atoms with Crippen LogP contribution in [0.15, 0.2) is 72.2 Å². The molecule has 2 aromatic carbocycles. The van der Waals surface area contributed by atoms with Crippen molar-refractivity contribution in [3.05, 3.63) is 88.6 Å². The van der Waals surface area contributed by atoms with Gasteiger partial charge in [-0.2, -0.15) is 5.10 Å². The predicted molar refractivity (Wildman–Crippen MR) is 112 cm³/mol. The van der Waals surface area contributed by atoms with Crippen LogP contribution in [0, 0.1) is 6.92 Å². The second-order valence-corrected chi connectivity index (χ2v) is 7.50. The molecule has 0 aliphatic carbocycles. The molecule has 140 valence electrons. The zero-order chi connectivity index (χ0) is 19.5. The van der Waals surface area contributed by atoms with Crippen LogP contribution < -0.4 is 4.90 Å². The number of aromatic nitrogens is 3. The maximum absolute atomic E-state index is 13.3. The van der Waals surface area contributed by atoms with Crippen molar-refractivity contribution in [2.75, 3.05) is 4.90 Å². The summed E-state index contributed by atoms with van der Waals surface area (Å²) in [6, 6.07) is 20.1. The van der Waals surface area contributed by atoms with Gasteiger partial charge in [0.1, 0.15) is 10.7 Å². The minimum Gasteiger partial charge on any atom is -0.300 e. The molecule has 0 atom stereocenters. The van der Waals surface area contributed by atoms with Gasteiger partial charge < -0.3 is 4.90 Å². The summed E-state index contributed by atoms with van der Waals surface area (Å²) in [5, 5.41) is 7.12. The first-order chi connectivity index (χ1) is 13.6. The van der Waals surface area contributed by atoms with E-state index in [9.17, 15) is 4.79 Å². The number of aryl methyl sites for hydroxylation is 2. The lowest BCUT2D eigenvalue weighted by Crippen LogP contribution is -2.31. The zero-order valence-electron chi connectivity index (χ0n) is 15.7. The Kier molecular flexibility index (Phi) is 5.04. The monoisotopic (exact) mass is 388 g/mol. The van der Waals surface area contributed by atoms with E-state index in [1.54, 1.807) is 34.2 Å². The Morgan fingerprint density at radius 3 is 2.39 bits per heavy atom. The third-order valence-corrected chi connectivity index (χ3v) is 5.29. The van der Waals surface area contributed by atoms with Crippen molar-refractivity contribution >= 4 is 22.9 Å². The minimum atomic E-state index is -0.0919. The molecular formula is C22H20N4OS. The fourth-order valence-electron chi connectivity index (χ4n) is 3.16. The Morgan fingerprint density at radius 2 is 1.79 bits per heavy atom. The second-order valence-electron chi connectivity index (χ2n) is 6.52. The van der Waals surface area contributed by atoms with Gasteiger partial charge in [0.15, 0.2) is 0 Å².